The van der Waals surface area contributed by atoms with E-state index in [0.717, 1.165) is 16.7 Å². The van der Waals surface area contributed by atoms with Crippen molar-refractivity contribution < 1.29 is 14.3 Å². The van der Waals surface area contributed by atoms with E-state index in [1.807, 2.05) is 30.3 Å². The van der Waals surface area contributed by atoms with Crippen LogP contribution < -0.4 is 19.6 Å². The molecule has 4 aromatic rings. The van der Waals surface area contributed by atoms with Crippen LogP contribution in [-0.4, -0.2) is 17.1 Å². The van der Waals surface area contributed by atoms with Crippen LogP contribution in [0.4, 0.5) is 0 Å². The van der Waals surface area contributed by atoms with Gasteiger partial charge in [0.1, 0.15) is 12.4 Å². The largest absolute Gasteiger partial charge is 0.489 e. The normalized spacial score (nSPS) is 15.0. The van der Waals surface area contributed by atoms with E-state index in [9.17, 15) is 9.59 Å². The van der Waals surface area contributed by atoms with Gasteiger partial charge in [-0.3, -0.25) is 9.36 Å². The Morgan fingerprint density at radius 2 is 1.73 bits per heavy atom. The molecule has 1 aliphatic rings. The smallest absolute Gasteiger partial charge is 0.338 e. The number of rotatable bonds is 7. The lowest BCUT2D eigenvalue weighted by Crippen LogP contribution is -2.39. The minimum absolute atomic E-state index is 0.208. The van der Waals surface area contributed by atoms with Gasteiger partial charge in [-0.15, -0.1) is 0 Å². The second-order valence-corrected chi connectivity index (χ2v) is 11.2. The zero-order chi connectivity index (χ0) is 28.4. The van der Waals surface area contributed by atoms with Crippen molar-refractivity contribution in [3.8, 4) is 5.75 Å². The van der Waals surface area contributed by atoms with Gasteiger partial charge in [-0.2, -0.15) is 0 Å². The molecular formula is C30H23Cl3N2O4S. The van der Waals surface area contributed by atoms with Crippen molar-refractivity contribution in [3.05, 3.63) is 129 Å². The van der Waals surface area contributed by atoms with Gasteiger partial charge in [-0.1, -0.05) is 76.5 Å². The fourth-order valence-electron chi connectivity index (χ4n) is 4.36. The molecule has 0 saturated heterocycles. The molecule has 204 valence electrons. The summed E-state index contributed by atoms with van der Waals surface area (Å²) in [5.41, 5.74) is 2.95. The van der Waals surface area contributed by atoms with Gasteiger partial charge in [-0.05, 0) is 67.4 Å². The molecule has 0 aliphatic carbocycles. The fourth-order valence-corrected chi connectivity index (χ4v) is 6.00. The van der Waals surface area contributed by atoms with Crippen LogP contribution in [0.25, 0.3) is 6.08 Å². The van der Waals surface area contributed by atoms with E-state index in [4.69, 9.17) is 44.3 Å². The van der Waals surface area contributed by atoms with Crippen molar-refractivity contribution in [1.29, 1.82) is 0 Å². The van der Waals surface area contributed by atoms with Crippen LogP contribution >= 0.6 is 46.1 Å². The van der Waals surface area contributed by atoms with Crippen LogP contribution in [0.3, 0.4) is 0 Å². The molecule has 0 amide bonds. The number of benzene rings is 3. The first-order valence-electron chi connectivity index (χ1n) is 12.4. The Labute approximate surface area is 249 Å². The highest BCUT2D eigenvalue weighted by Crippen LogP contribution is 2.31. The molecule has 40 heavy (non-hydrogen) atoms. The molecule has 10 heteroatoms. The van der Waals surface area contributed by atoms with Crippen LogP contribution in [0, 0.1) is 0 Å². The highest BCUT2D eigenvalue weighted by molar-refractivity contribution is 7.07. The fraction of sp³-hybridized carbons (Fsp3) is 0.167. The molecule has 0 fully saturated rings. The summed E-state index contributed by atoms with van der Waals surface area (Å²) in [6.45, 7) is 3.99. The average molecular weight is 614 g/mol. The number of carbonyl (C=O) groups excluding carboxylic acids is 1. The van der Waals surface area contributed by atoms with Crippen LogP contribution in [0.5, 0.6) is 5.75 Å². The van der Waals surface area contributed by atoms with Crippen LogP contribution in [-0.2, 0) is 16.1 Å². The Bertz CT molecular complexity index is 1790. The number of thiazole rings is 1. The molecular weight excluding hydrogens is 591 g/mol. The van der Waals surface area contributed by atoms with E-state index < -0.39 is 12.0 Å². The Kier molecular flexibility index (Phi) is 8.47. The van der Waals surface area contributed by atoms with Crippen molar-refractivity contribution in [1.82, 2.24) is 4.57 Å². The number of allylic oxidation sites excluding steroid dienone is 1. The number of aromatic nitrogens is 1. The second-order valence-electron chi connectivity index (χ2n) is 8.95. The Hall–Kier alpha value is -3.36. The van der Waals surface area contributed by atoms with Crippen LogP contribution in [0.2, 0.25) is 15.1 Å². The third-order valence-electron chi connectivity index (χ3n) is 6.29. The molecule has 1 aliphatic heterocycles. The number of ether oxygens (including phenoxy) is 2. The molecule has 1 atom stereocenters. The van der Waals surface area contributed by atoms with E-state index >= 15 is 0 Å². The van der Waals surface area contributed by atoms with Crippen molar-refractivity contribution in [3.63, 3.8) is 0 Å². The maximum absolute atomic E-state index is 13.7. The molecule has 0 N–H and O–H groups in total. The molecule has 0 radical (unpaired) electrons. The monoisotopic (exact) mass is 612 g/mol. The van der Waals surface area contributed by atoms with Crippen LogP contribution in [0.1, 0.15) is 36.6 Å². The van der Waals surface area contributed by atoms with Crippen molar-refractivity contribution in [2.24, 2.45) is 4.99 Å². The molecule has 0 spiro atoms. The predicted molar refractivity (Wildman–Crippen MR) is 159 cm³/mol. The number of nitrogens with zero attached hydrogens (tertiary/aromatic N) is 2. The third-order valence-corrected chi connectivity index (χ3v) is 8.11. The van der Waals surface area contributed by atoms with Gasteiger partial charge >= 0.3 is 5.97 Å². The summed E-state index contributed by atoms with van der Waals surface area (Å²) in [6, 6.07) is 19.0. The minimum Gasteiger partial charge on any atom is -0.489 e. The lowest BCUT2D eigenvalue weighted by atomic mass is 9.96. The number of fused-ring (bicyclic) bond motifs is 1. The van der Waals surface area contributed by atoms with E-state index in [2.05, 4.69) is 4.99 Å². The zero-order valence-corrected chi connectivity index (χ0v) is 24.6. The van der Waals surface area contributed by atoms with E-state index in [-0.39, 0.29) is 12.2 Å². The molecule has 1 aromatic heterocycles. The highest BCUT2D eigenvalue weighted by atomic mass is 35.5. The summed E-state index contributed by atoms with van der Waals surface area (Å²) in [5, 5.41) is 1.66. The number of hydrogen-bond donors (Lipinski definition) is 0. The minimum atomic E-state index is -0.690. The maximum Gasteiger partial charge on any atom is 0.338 e. The lowest BCUT2D eigenvalue weighted by Gasteiger charge is -2.24. The SMILES string of the molecule is CCOC(=O)C1=C(C)N=c2s/c(=C/c3ccc(OCc4ccc(Cl)cc4Cl)cc3)c(=O)n2[C@H]1c1ccc(Cl)cc1. The number of esters is 1. The topological polar surface area (TPSA) is 69.9 Å². The van der Waals surface area contributed by atoms with E-state index in [1.54, 1.807) is 60.9 Å². The maximum atomic E-state index is 13.7. The van der Waals surface area contributed by atoms with Crippen LogP contribution in [0.15, 0.2) is 87.8 Å². The summed E-state index contributed by atoms with van der Waals surface area (Å²) in [5.74, 6) is 0.149. The van der Waals surface area contributed by atoms with Crippen molar-refractivity contribution in [2.75, 3.05) is 6.61 Å². The highest BCUT2D eigenvalue weighted by Gasteiger charge is 2.33. The molecule has 3 aromatic carbocycles. The van der Waals surface area contributed by atoms with Gasteiger partial charge < -0.3 is 9.47 Å². The van der Waals surface area contributed by atoms with Gasteiger partial charge in [0.2, 0.25) is 0 Å². The molecule has 6 nitrogen and oxygen atoms in total. The zero-order valence-electron chi connectivity index (χ0n) is 21.5. The second kappa shape index (κ2) is 12.0. The molecule has 0 saturated carbocycles. The first-order chi connectivity index (χ1) is 19.2. The molecule has 0 unspecified atom stereocenters. The number of hydrogen-bond acceptors (Lipinski definition) is 6. The lowest BCUT2D eigenvalue weighted by molar-refractivity contribution is -0.139. The van der Waals surface area contributed by atoms with Crippen molar-refractivity contribution in [2.45, 2.75) is 26.5 Å². The van der Waals surface area contributed by atoms with Gasteiger partial charge in [0, 0.05) is 20.6 Å². The first kappa shape index (κ1) is 28.2. The summed E-state index contributed by atoms with van der Waals surface area (Å²) in [7, 11) is 0. The number of carbonyl (C=O) groups is 1. The van der Waals surface area contributed by atoms with E-state index in [1.165, 1.54) is 11.3 Å². The standard InChI is InChI=1S/C30H23Cl3N2O4S/c1-3-38-29(37)26-17(2)34-30-35(27(26)19-6-9-21(31)10-7-19)28(36)25(40-30)14-18-4-12-23(13-5-18)39-16-20-8-11-22(32)15-24(20)33/h4-15,27H,3,16H2,1-2H3/b25-14+/t27-/m0/s1. The van der Waals surface area contributed by atoms with E-state index in [0.29, 0.717) is 48.0 Å². The predicted octanol–water partition coefficient (Wildman–Crippen LogP) is 6.34. The quantitative estimate of drug-likeness (QED) is 0.228. The summed E-state index contributed by atoms with van der Waals surface area (Å²) in [6.07, 6.45) is 1.80. The molecule has 0 bridgehead atoms. The Morgan fingerprint density at radius 1 is 1.02 bits per heavy atom. The third kappa shape index (κ3) is 5.88. The number of halogens is 3. The average Bonchev–Trinajstić information content (AvgIpc) is 3.23. The first-order valence-corrected chi connectivity index (χ1v) is 14.3. The van der Waals surface area contributed by atoms with Gasteiger partial charge in [0.25, 0.3) is 5.56 Å². The Morgan fingerprint density at radius 3 is 2.40 bits per heavy atom. The molecule has 2 heterocycles. The summed E-state index contributed by atoms with van der Waals surface area (Å²) < 4.78 is 13.2. The summed E-state index contributed by atoms with van der Waals surface area (Å²) >= 11 is 19.6. The van der Waals surface area contributed by atoms with Gasteiger partial charge in [0.15, 0.2) is 4.80 Å². The molecule has 5 rings (SSSR count). The van der Waals surface area contributed by atoms with Gasteiger partial charge in [0.05, 0.1) is 28.5 Å². The van der Waals surface area contributed by atoms with Gasteiger partial charge in [-0.25, -0.2) is 9.79 Å². The summed E-state index contributed by atoms with van der Waals surface area (Å²) in [4.78, 5) is 31.8. The van der Waals surface area contributed by atoms with Crippen molar-refractivity contribution >= 4 is 58.2 Å². The Balaban J connectivity index is 1.48.